The molecular formula is C33H60N4O9. The van der Waals surface area contributed by atoms with Crippen LogP contribution in [-0.2, 0) is 42.9 Å². The van der Waals surface area contributed by atoms with Crippen LogP contribution in [0.25, 0.3) is 0 Å². The summed E-state index contributed by atoms with van der Waals surface area (Å²) in [6, 6.07) is 0. The predicted octanol–water partition coefficient (Wildman–Crippen LogP) is 1.96. The van der Waals surface area contributed by atoms with Gasteiger partial charge in [0.05, 0.1) is 52.1 Å². The summed E-state index contributed by atoms with van der Waals surface area (Å²) in [7, 11) is 1.58. The maximum absolute atomic E-state index is 12.1. The van der Waals surface area contributed by atoms with E-state index in [-0.39, 0.29) is 23.9 Å². The summed E-state index contributed by atoms with van der Waals surface area (Å²) in [5.74, 6) is -0.649. The number of ether oxygens (including phenoxy) is 5. The lowest BCUT2D eigenvalue weighted by Gasteiger charge is -2.34. The highest BCUT2D eigenvalue weighted by molar-refractivity contribution is 5.70. The van der Waals surface area contributed by atoms with Crippen LogP contribution in [0.1, 0.15) is 71.1 Å². The van der Waals surface area contributed by atoms with E-state index in [1.807, 2.05) is 0 Å². The summed E-state index contributed by atoms with van der Waals surface area (Å²) >= 11 is 0. The third kappa shape index (κ3) is 20.0. The van der Waals surface area contributed by atoms with E-state index >= 15 is 0 Å². The Labute approximate surface area is 276 Å². The summed E-state index contributed by atoms with van der Waals surface area (Å²) in [6.45, 7) is 14.0. The molecule has 0 amide bonds. The van der Waals surface area contributed by atoms with Crippen molar-refractivity contribution in [1.29, 1.82) is 0 Å². The molecule has 0 aromatic carbocycles. The summed E-state index contributed by atoms with van der Waals surface area (Å²) < 4.78 is 26.0. The number of esters is 4. The highest BCUT2D eigenvalue weighted by Crippen LogP contribution is 2.07. The number of carbonyl (C=O) groups is 4. The van der Waals surface area contributed by atoms with Gasteiger partial charge in [-0.05, 0) is 32.1 Å². The Morgan fingerprint density at radius 1 is 0.435 bits per heavy atom. The summed E-state index contributed by atoms with van der Waals surface area (Å²) in [5.41, 5.74) is 0. The molecule has 2 aliphatic heterocycles. The topological polar surface area (TPSA) is 127 Å². The maximum atomic E-state index is 12.1. The van der Waals surface area contributed by atoms with Crippen molar-refractivity contribution in [2.24, 2.45) is 0 Å². The lowest BCUT2D eigenvalue weighted by atomic mass is 10.2. The maximum Gasteiger partial charge on any atom is 0.307 e. The number of unbranched alkanes of at least 4 members (excludes halogenated alkanes) is 4. The normalized spacial score (nSPS) is 16.7. The van der Waals surface area contributed by atoms with E-state index in [4.69, 9.17) is 23.7 Å². The van der Waals surface area contributed by atoms with Crippen LogP contribution in [0.2, 0.25) is 0 Å². The van der Waals surface area contributed by atoms with E-state index in [0.717, 1.165) is 97.4 Å². The number of rotatable bonds is 25. The Balaban J connectivity index is 1.35. The first-order chi connectivity index (χ1) is 22.4. The van der Waals surface area contributed by atoms with Gasteiger partial charge < -0.3 is 43.3 Å². The molecule has 13 heteroatoms. The molecule has 2 fully saturated rings. The van der Waals surface area contributed by atoms with Gasteiger partial charge in [-0.2, -0.15) is 0 Å². The Morgan fingerprint density at radius 3 is 1.04 bits per heavy atom. The van der Waals surface area contributed by atoms with Crippen LogP contribution in [0, 0.1) is 0 Å². The highest BCUT2D eigenvalue weighted by Gasteiger charge is 2.20. The minimum Gasteiger partial charge on any atom is -0.466 e. The van der Waals surface area contributed by atoms with E-state index < -0.39 is 0 Å². The van der Waals surface area contributed by atoms with Crippen molar-refractivity contribution in [2.45, 2.75) is 71.1 Å². The van der Waals surface area contributed by atoms with Crippen LogP contribution in [-0.4, -0.2) is 162 Å². The molecule has 46 heavy (non-hydrogen) atoms. The highest BCUT2D eigenvalue weighted by atomic mass is 16.6. The van der Waals surface area contributed by atoms with Gasteiger partial charge >= 0.3 is 23.9 Å². The molecule has 0 aromatic rings. The molecule has 0 bridgehead atoms. The molecule has 13 nitrogen and oxygen atoms in total. The SMILES string of the molecule is CCCCOC(=O)CCN1CCN(CCC(=O)OCCCCCCOC(=O)CCN2CCN(CCC(=O)OCCOC)CC2)CC1. The standard InChI is InChI=1S/C33H60N4O9/c1-3-4-25-43-30(38)9-13-34-17-19-35(20-18-34)14-10-31(39)44-26-7-5-6-8-27-45-32(40)11-15-36-21-23-37(24-22-36)16-12-33(41)46-29-28-42-2/h3-29H2,1-2H3. The number of hydrogen-bond acceptors (Lipinski definition) is 13. The molecule has 0 unspecified atom stereocenters. The first-order valence-corrected chi connectivity index (χ1v) is 17.4. The summed E-state index contributed by atoms with van der Waals surface area (Å²) in [4.78, 5) is 56.8. The zero-order valence-corrected chi connectivity index (χ0v) is 28.6. The smallest absolute Gasteiger partial charge is 0.307 e. The monoisotopic (exact) mass is 656 g/mol. The van der Waals surface area contributed by atoms with E-state index in [1.54, 1.807) is 7.11 Å². The van der Waals surface area contributed by atoms with Crippen molar-refractivity contribution in [3.63, 3.8) is 0 Å². The van der Waals surface area contributed by atoms with Crippen molar-refractivity contribution in [3.8, 4) is 0 Å². The number of carbonyl (C=O) groups excluding carboxylic acids is 4. The average Bonchev–Trinajstić information content (AvgIpc) is 3.07. The minimum atomic E-state index is -0.199. The molecule has 2 heterocycles. The average molecular weight is 657 g/mol. The van der Waals surface area contributed by atoms with Gasteiger partial charge in [0.15, 0.2) is 0 Å². The van der Waals surface area contributed by atoms with Crippen molar-refractivity contribution in [1.82, 2.24) is 19.6 Å². The fourth-order valence-electron chi connectivity index (χ4n) is 5.26. The number of hydrogen-bond donors (Lipinski definition) is 0. The Morgan fingerprint density at radius 2 is 0.739 bits per heavy atom. The van der Waals surface area contributed by atoms with Gasteiger partial charge in [0.25, 0.3) is 0 Å². The number of nitrogens with zero attached hydrogens (tertiary/aromatic N) is 4. The predicted molar refractivity (Wildman–Crippen MR) is 173 cm³/mol. The van der Waals surface area contributed by atoms with Crippen LogP contribution in [0.15, 0.2) is 0 Å². The van der Waals surface area contributed by atoms with Gasteiger partial charge in [0.1, 0.15) is 6.61 Å². The van der Waals surface area contributed by atoms with Crippen molar-refractivity contribution in [2.75, 3.05) is 119 Å². The molecule has 0 radical (unpaired) electrons. The van der Waals surface area contributed by atoms with Crippen LogP contribution in [0.3, 0.4) is 0 Å². The van der Waals surface area contributed by atoms with Crippen LogP contribution in [0.5, 0.6) is 0 Å². The van der Waals surface area contributed by atoms with E-state index in [1.165, 1.54) is 0 Å². The van der Waals surface area contributed by atoms with Gasteiger partial charge in [-0.1, -0.05) is 13.3 Å². The summed E-state index contributed by atoms with van der Waals surface area (Å²) in [5, 5.41) is 0. The van der Waals surface area contributed by atoms with Gasteiger partial charge in [0.2, 0.25) is 0 Å². The third-order valence-electron chi connectivity index (χ3n) is 8.33. The Hall–Kier alpha value is -2.32. The molecule has 0 aromatic heterocycles. The quantitative estimate of drug-likeness (QED) is 0.0808. The Kier molecular flexibility index (Phi) is 22.3. The van der Waals surface area contributed by atoms with Crippen LogP contribution >= 0.6 is 0 Å². The fourth-order valence-corrected chi connectivity index (χ4v) is 5.26. The molecule has 0 atom stereocenters. The molecule has 2 saturated heterocycles. The largest absolute Gasteiger partial charge is 0.466 e. The molecule has 2 rings (SSSR count). The number of methoxy groups -OCH3 is 1. The second-order valence-corrected chi connectivity index (χ2v) is 12.0. The van der Waals surface area contributed by atoms with Crippen LogP contribution < -0.4 is 0 Å². The van der Waals surface area contributed by atoms with Gasteiger partial charge in [-0.3, -0.25) is 19.2 Å². The lowest BCUT2D eigenvalue weighted by molar-refractivity contribution is -0.146. The molecule has 0 saturated carbocycles. The fraction of sp³-hybridized carbons (Fsp3) is 0.879. The van der Waals surface area contributed by atoms with Crippen LogP contribution in [0.4, 0.5) is 0 Å². The molecule has 0 spiro atoms. The second-order valence-electron chi connectivity index (χ2n) is 12.0. The molecular weight excluding hydrogens is 596 g/mol. The molecule has 0 N–H and O–H groups in total. The Bertz CT molecular complexity index is 779. The second kappa shape index (κ2) is 25.7. The first kappa shape index (κ1) is 39.9. The minimum absolute atomic E-state index is 0.121. The lowest BCUT2D eigenvalue weighted by Crippen LogP contribution is -2.47. The van der Waals surface area contributed by atoms with Crippen molar-refractivity contribution in [3.05, 3.63) is 0 Å². The zero-order chi connectivity index (χ0) is 33.2. The van der Waals surface area contributed by atoms with Gasteiger partial charge in [-0.25, -0.2) is 0 Å². The zero-order valence-electron chi connectivity index (χ0n) is 28.6. The van der Waals surface area contributed by atoms with Crippen molar-refractivity contribution >= 4 is 23.9 Å². The van der Waals surface area contributed by atoms with Gasteiger partial charge in [-0.15, -0.1) is 0 Å². The van der Waals surface area contributed by atoms with E-state index in [0.29, 0.717) is 78.4 Å². The van der Waals surface area contributed by atoms with Gasteiger partial charge in [0, 0.05) is 85.6 Å². The third-order valence-corrected chi connectivity index (χ3v) is 8.33. The summed E-state index contributed by atoms with van der Waals surface area (Å²) in [6.07, 6.45) is 6.97. The van der Waals surface area contributed by atoms with E-state index in [2.05, 4.69) is 26.5 Å². The van der Waals surface area contributed by atoms with Crippen molar-refractivity contribution < 1.29 is 42.9 Å². The molecule has 2 aliphatic rings. The molecule has 266 valence electrons. The number of piperazine rings is 2. The first-order valence-electron chi connectivity index (χ1n) is 17.4. The van der Waals surface area contributed by atoms with E-state index in [9.17, 15) is 19.2 Å². The molecule has 0 aliphatic carbocycles.